The highest BCUT2D eigenvalue weighted by Gasteiger charge is 2.23. The van der Waals surface area contributed by atoms with Crippen LogP contribution in [-0.4, -0.2) is 46.2 Å². The van der Waals surface area contributed by atoms with Crippen LogP contribution in [0.4, 0.5) is 5.69 Å². The molecule has 0 spiro atoms. The average Bonchev–Trinajstić information content (AvgIpc) is 3.11. The number of benzene rings is 2. The summed E-state index contributed by atoms with van der Waals surface area (Å²) in [5.41, 5.74) is 0.0532. The number of hydrogen-bond acceptors (Lipinski definition) is 7. The molecule has 4 rings (SSSR count). The number of para-hydroxylation sites is 1. The minimum atomic E-state index is -4.03. The molecule has 0 radical (unpaired) electrons. The Labute approximate surface area is 198 Å². The summed E-state index contributed by atoms with van der Waals surface area (Å²) in [5, 5.41) is 2.92. The Morgan fingerprint density at radius 1 is 0.941 bits per heavy atom. The fourth-order valence-electron chi connectivity index (χ4n) is 4.05. The Morgan fingerprint density at radius 2 is 1.65 bits per heavy atom. The molecule has 0 aromatic heterocycles. The van der Waals surface area contributed by atoms with Gasteiger partial charge in [0.15, 0.2) is 18.1 Å². The van der Waals surface area contributed by atoms with Gasteiger partial charge in [-0.1, -0.05) is 37.8 Å². The Morgan fingerprint density at radius 3 is 2.41 bits per heavy atom. The second-order valence-electron chi connectivity index (χ2n) is 8.29. The summed E-state index contributed by atoms with van der Waals surface area (Å²) >= 11 is 0. The third kappa shape index (κ3) is 5.99. The van der Waals surface area contributed by atoms with Crippen molar-refractivity contribution < 1.29 is 32.2 Å². The van der Waals surface area contributed by atoms with E-state index in [4.69, 9.17) is 14.2 Å². The van der Waals surface area contributed by atoms with Gasteiger partial charge < -0.3 is 19.5 Å². The minimum Gasteiger partial charge on any atom is -0.486 e. The van der Waals surface area contributed by atoms with Gasteiger partial charge in [-0.15, -0.1) is 0 Å². The third-order valence-corrected chi connectivity index (χ3v) is 7.13. The first-order chi connectivity index (χ1) is 16.4. The Balaban J connectivity index is 1.41. The molecule has 1 saturated carbocycles. The molecule has 1 aliphatic carbocycles. The van der Waals surface area contributed by atoms with E-state index in [2.05, 4.69) is 10.0 Å². The lowest BCUT2D eigenvalue weighted by Crippen LogP contribution is -2.37. The SMILES string of the molecule is O=C(COC(=O)c1ccccc1NS(=O)(=O)c1ccc2c(c1)OCCO2)NC1CCCCCC1. The van der Waals surface area contributed by atoms with Crippen molar-refractivity contribution in [3.05, 3.63) is 48.0 Å². The second-order valence-corrected chi connectivity index (χ2v) is 9.97. The molecule has 0 atom stereocenters. The van der Waals surface area contributed by atoms with Gasteiger partial charge in [0.2, 0.25) is 0 Å². The highest BCUT2D eigenvalue weighted by molar-refractivity contribution is 7.92. The maximum Gasteiger partial charge on any atom is 0.340 e. The second kappa shape index (κ2) is 10.8. The van der Waals surface area contributed by atoms with Crippen molar-refractivity contribution in [1.82, 2.24) is 5.32 Å². The van der Waals surface area contributed by atoms with Crippen molar-refractivity contribution in [1.29, 1.82) is 0 Å². The number of ether oxygens (including phenoxy) is 3. The van der Waals surface area contributed by atoms with E-state index in [1.165, 1.54) is 43.2 Å². The fourth-order valence-corrected chi connectivity index (χ4v) is 5.14. The third-order valence-electron chi connectivity index (χ3n) is 5.77. The van der Waals surface area contributed by atoms with Crippen molar-refractivity contribution in [3.8, 4) is 11.5 Å². The monoisotopic (exact) mass is 488 g/mol. The predicted molar refractivity (Wildman–Crippen MR) is 125 cm³/mol. The number of amides is 1. The Kier molecular flexibility index (Phi) is 7.56. The lowest BCUT2D eigenvalue weighted by atomic mass is 10.1. The van der Waals surface area contributed by atoms with Crippen LogP contribution in [0.3, 0.4) is 0 Å². The maximum atomic E-state index is 13.0. The zero-order valence-electron chi connectivity index (χ0n) is 18.7. The number of fused-ring (bicyclic) bond motifs is 1. The summed E-state index contributed by atoms with van der Waals surface area (Å²) in [4.78, 5) is 24.9. The molecule has 1 heterocycles. The first-order valence-electron chi connectivity index (χ1n) is 11.4. The highest BCUT2D eigenvalue weighted by Crippen LogP contribution is 2.33. The van der Waals surface area contributed by atoms with Crippen LogP contribution < -0.4 is 19.5 Å². The smallest absolute Gasteiger partial charge is 0.340 e. The number of esters is 1. The van der Waals surface area contributed by atoms with Gasteiger partial charge in [-0.25, -0.2) is 13.2 Å². The van der Waals surface area contributed by atoms with Gasteiger partial charge in [0, 0.05) is 12.1 Å². The number of rotatable bonds is 7. The summed E-state index contributed by atoms with van der Waals surface area (Å²) in [6.45, 7) is 0.289. The van der Waals surface area contributed by atoms with Gasteiger partial charge in [0.25, 0.3) is 15.9 Å². The Bertz CT molecular complexity index is 1140. The van der Waals surface area contributed by atoms with Crippen molar-refractivity contribution >= 4 is 27.6 Å². The predicted octanol–water partition coefficient (Wildman–Crippen LogP) is 3.25. The van der Waals surface area contributed by atoms with E-state index < -0.39 is 22.6 Å². The number of carbonyl (C=O) groups excluding carboxylic acids is 2. The van der Waals surface area contributed by atoms with Crippen LogP contribution in [0.2, 0.25) is 0 Å². The molecule has 2 aromatic carbocycles. The molecule has 1 fully saturated rings. The van der Waals surface area contributed by atoms with E-state index in [-0.39, 0.29) is 28.1 Å². The van der Waals surface area contributed by atoms with Gasteiger partial charge in [-0.2, -0.15) is 0 Å². The van der Waals surface area contributed by atoms with Gasteiger partial charge in [0.1, 0.15) is 13.2 Å². The molecule has 2 aliphatic rings. The van der Waals surface area contributed by atoms with Crippen LogP contribution >= 0.6 is 0 Å². The molecule has 2 aromatic rings. The van der Waals surface area contributed by atoms with Crippen LogP contribution in [0.25, 0.3) is 0 Å². The first-order valence-corrected chi connectivity index (χ1v) is 12.9. The molecular formula is C24H28N2O7S. The van der Waals surface area contributed by atoms with Gasteiger partial charge in [0.05, 0.1) is 16.1 Å². The topological polar surface area (TPSA) is 120 Å². The molecule has 1 amide bonds. The number of sulfonamides is 1. The number of nitrogens with one attached hydrogen (secondary N) is 2. The van der Waals surface area contributed by atoms with E-state index in [1.807, 2.05) is 0 Å². The zero-order chi connectivity index (χ0) is 24.0. The van der Waals surface area contributed by atoms with Gasteiger partial charge in [-0.3, -0.25) is 9.52 Å². The fraction of sp³-hybridized carbons (Fsp3) is 0.417. The lowest BCUT2D eigenvalue weighted by molar-refractivity contribution is -0.125. The quantitative estimate of drug-likeness (QED) is 0.453. The summed E-state index contributed by atoms with van der Waals surface area (Å²) in [7, 11) is -4.03. The van der Waals surface area contributed by atoms with Crippen LogP contribution in [-0.2, 0) is 19.6 Å². The largest absolute Gasteiger partial charge is 0.486 e. The molecular weight excluding hydrogens is 460 g/mol. The summed E-state index contributed by atoms with van der Waals surface area (Å²) in [6.07, 6.45) is 6.32. The molecule has 1 aliphatic heterocycles. The van der Waals surface area contributed by atoms with Crippen molar-refractivity contribution in [2.24, 2.45) is 0 Å². The normalized spacial score (nSPS) is 16.2. The van der Waals surface area contributed by atoms with Gasteiger partial charge in [-0.05, 0) is 37.1 Å². The summed E-state index contributed by atoms with van der Waals surface area (Å²) < 4.78 is 44.4. The number of anilines is 1. The van der Waals surface area contributed by atoms with Crippen LogP contribution in [0, 0.1) is 0 Å². The molecule has 34 heavy (non-hydrogen) atoms. The standard InChI is InChI=1S/C24H28N2O7S/c27-23(25-17-7-3-1-2-4-8-17)16-33-24(28)19-9-5-6-10-20(19)26-34(29,30)18-11-12-21-22(15-18)32-14-13-31-21/h5-6,9-12,15,17,26H,1-4,7-8,13-14,16H2,(H,25,27). The van der Waals surface area contributed by atoms with E-state index >= 15 is 0 Å². The van der Waals surface area contributed by atoms with Crippen LogP contribution in [0.15, 0.2) is 47.4 Å². The first kappa shape index (κ1) is 23.9. The number of hydrogen-bond donors (Lipinski definition) is 2. The molecule has 10 heteroatoms. The maximum absolute atomic E-state index is 13.0. The highest BCUT2D eigenvalue weighted by atomic mass is 32.2. The van der Waals surface area contributed by atoms with Gasteiger partial charge >= 0.3 is 5.97 Å². The van der Waals surface area contributed by atoms with E-state index in [0.29, 0.717) is 24.7 Å². The van der Waals surface area contributed by atoms with Crippen LogP contribution in [0.5, 0.6) is 11.5 Å². The molecule has 9 nitrogen and oxygen atoms in total. The van der Waals surface area contributed by atoms with E-state index in [0.717, 1.165) is 25.7 Å². The molecule has 0 bridgehead atoms. The Hall–Kier alpha value is -3.27. The number of carbonyl (C=O) groups is 2. The summed E-state index contributed by atoms with van der Waals surface area (Å²) in [5.74, 6) is -0.358. The van der Waals surface area contributed by atoms with E-state index in [9.17, 15) is 18.0 Å². The molecule has 0 unspecified atom stereocenters. The van der Waals surface area contributed by atoms with Crippen LogP contribution in [0.1, 0.15) is 48.9 Å². The van der Waals surface area contributed by atoms with E-state index in [1.54, 1.807) is 12.1 Å². The molecule has 2 N–H and O–H groups in total. The summed E-state index contributed by atoms with van der Waals surface area (Å²) in [6, 6.07) is 10.5. The minimum absolute atomic E-state index is 0.00545. The van der Waals surface area contributed by atoms with Crippen molar-refractivity contribution in [2.75, 3.05) is 24.5 Å². The average molecular weight is 489 g/mol. The van der Waals surface area contributed by atoms with Crippen molar-refractivity contribution in [2.45, 2.75) is 49.5 Å². The lowest BCUT2D eigenvalue weighted by Gasteiger charge is -2.19. The molecule has 182 valence electrons. The molecule has 0 saturated heterocycles. The zero-order valence-corrected chi connectivity index (χ0v) is 19.6. The van der Waals surface area contributed by atoms with Crippen molar-refractivity contribution in [3.63, 3.8) is 0 Å².